The van der Waals surface area contributed by atoms with E-state index in [9.17, 15) is 0 Å². The quantitative estimate of drug-likeness (QED) is 0.342. The van der Waals surface area contributed by atoms with Crippen molar-refractivity contribution in [2.45, 2.75) is 12.8 Å². The van der Waals surface area contributed by atoms with Gasteiger partial charge in [0.1, 0.15) is 0 Å². The lowest BCUT2D eigenvalue weighted by molar-refractivity contribution is 0.290. The Balaban J connectivity index is 2.07. The molecule has 0 radical (unpaired) electrons. The smallest absolute Gasteiger partial charge is 0.278 e. The zero-order valence-electron chi connectivity index (χ0n) is 6.71. The first-order chi connectivity index (χ1) is 5.79. The Bertz CT molecular complexity index is 232. The predicted molar refractivity (Wildman–Crippen MR) is 44.8 cm³/mol. The molecule has 1 aromatic heterocycles. The van der Waals surface area contributed by atoms with Crippen molar-refractivity contribution in [2.75, 3.05) is 6.61 Å². The summed E-state index contributed by atoms with van der Waals surface area (Å²) in [5.41, 5.74) is 6.06. The third kappa shape index (κ3) is 3.05. The third-order valence-corrected chi connectivity index (χ3v) is 1.40. The van der Waals surface area contributed by atoms with E-state index >= 15 is 0 Å². The number of nitrogens with one attached hydrogen (secondary N) is 2. The number of aromatic nitrogens is 2. The van der Waals surface area contributed by atoms with Crippen LogP contribution < -0.4 is 5.73 Å². The number of amidine groups is 1. The molecule has 12 heavy (non-hydrogen) atoms. The fourth-order valence-electron chi connectivity index (χ4n) is 0.866. The molecular formula is C7H12N4O. The van der Waals surface area contributed by atoms with E-state index in [1.54, 1.807) is 12.5 Å². The first kappa shape index (κ1) is 8.58. The van der Waals surface area contributed by atoms with Crippen molar-refractivity contribution in [3.63, 3.8) is 0 Å². The molecule has 0 atom stereocenters. The highest BCUT2D eigenvalue weighted by atomic mass is 16.5. The maximum Gasteiger partial charge on any atom is 0.278 e. The van der Waals surface area contributed by atoms with E-state index in [4.69, 9.17) is 15.9 Å². The molecule has 0 bridgehead atoms. The normalized spacial score (nSPS) is 9.67. The lowest BCUT2D eigenvalue weighted by Gasteiger charge is -2.00. The number of aryl methyl sites for hydroxylation is 1. The zero-order chi connectivity index (χ0) is 8.81. The summed E-state index contributed by atoms with van der Waals surface area (Å²) in [6.45, 7) is 0.481. The number of aromatic amines is 1. The minimum absolute atomic E-state index is 0.223. The summed E-state index contributed by atoms with van der Waals surface area (Å²) in [6, 6.07) is -0.223. The fraction of sp³-hybridized carbons (Fsp3) is 0.429. The number of nitrogens with two attached hydrogens (primary N) is 1. The Morgan fingerprint density at radius 2 is 2.58 bits per heavy atom. The van der Waals surface area contributed by atoms with Crippen molar-refractivity contribution in [1.82, 2.24) is 9.97 Å². The van der Waals surface area contributed by atoms with Crippen LogP contribution in [0.1, 0.15) is 12.1 Å². The average Bonchev–Trinajstić information content (AvgIpc) is 2.49. The summed E-state index contributed by atoms with van der Waals surface area (Å²) in [4.78, 5) is 6.85. The van der Waals surface area contributed by atoms with Crippen LogP contribution in [0, 0.1) is 5.41 Å². The maximum atomic E-state index is 6.78. The van der Waals surface area contributed by atoms with Crippen molar-refractivity contribution >= 4 is 6.02 Å². The second-order valence-electron chi connectivity index (χ2n) is 2.39. The molecule has 5 nitrogen and oxygen atoms in total. The number of imidazole rings is 1. The van der Waals surface area contributed by atoms with Gasteiger partial charge in [-0.1, -0.05) is 0 Å². The molecule has 0 aromatic carbocycles. The van der Waals surface area contributed by atoms with Crippen LogP contribution in [-0.4, -0.2) is 22.6 Å². The molecule has 1 aromatic rings. The van der Waals surface area contributed by atoms with E-state index in [1.807, 2.05) is 0 Å². The van der Waals surface area contributed by atoms with Crippen LogP contribution in [0.25, 0.3) is 0 Å². The highest BCUT2D eigenvalue weighted by molar-refractivity contribution is 5.67. The summed E-state index contributed by atoms with van der Waals surface area (Å²) >= 11 is 0. The number of rotatable bonds is 4. The molecule has 0 saturated heterocycles. The molecule has 5 heteroatoms. The third-order valence-electron chi connectivity index (χ3n) is 1.40. The van der Waals surface area contributed by atoms with E-state index in [0.717, 1.165) is 18.5 Å². The molecule has 4 N–H and O–H groups in total. The molecule has 0 aliphatic carbocycles. The summed E-state index contributed by atoms with van der Waals surface area (Å²) in [6.07, 6.45) is 5.12. The van der Waals surface area contributed by atoms with Gasteiger partial charge >= 0.3 is 0 Å². The number of ether oxygens (including phenoxy) is 1. The fourth-order valence-corrected chi connectivity index (χ4v) is 0.866. The Hall–Kier alpha value is -1.52. The van der Waals surface area contributed by atoms with Gasteiger partial charge < -0.3 is 15.5 Å². The Morgan fingerprint density at radius 3 is 3.17 bits per heavy atom. The monoisotopic (exact) mass is 168 g/mol. The van der Waals surface area contributed by atoms with E-state index in [-0.39, 0.29) is 6.02 Å². The molecule has 0 aliphatic rings. The standard InChI is InChI=1S/C7H12N4O/c8-7(9)12-3-1-2-6-4-10-5-11-6/h4-5H,1-3H2,(H3,8,9)(H,10,11). The summed E-state index contributed by atoms with van der Waals surface area (Å²) < 4.78 is 4.77. The molecule has 1 heterocycles. The molecule has 0 fully saturated rings. The largest absolute Gasteiger partial charge is 0.466 e. The Kier molecular flexibility index (Phi) is 3.13. The number of hydrogen-bond donors (Lipinski definition) is 3. The number of nitrogens with zero attached hydrogens (tertiary/aromatic N) is 1. The van der Waals surface area contributed by atoms with Gasteiger partial charge in [-0.25, -0.2) is 4.98 Å². The summed E-state index contributed by atoms with van der Waals surface area (Å²) in [5.74, 6) is 0. The average molecular weight is 168 g/mol. The van der Waals surface area contributed by atoms with E-state index < -0.39 is 0 Å². The molecule has 0 unspecified atom stereocenters. The lowest BCUT2D eigenvalue weighted by atomic mass is 10.3. The molecule has 66 valence electrons. The van der Waals surface area contributed by atoms with E-state index in [0.29, 0.717) is 6.61 Å². The Labute approximate surface area is 70.5 Å². The number of H-pyrrole nitrogens is 1. The molecule has 1 rings (SSSR count). The molecule has 0 spiro atoms. The summed E-state index contributed by atoms with van der Waals surface area (Å²) in [7, 11) is 0. The first-order valence-corrected chi connectivity index (χ1v) is 3.73. The molecule has 0 aliphatic heterocycles. The second kappa shape index (κ2) is 4.38. The predicted octanol–water partition coefficient (Wildman–Crippen LogP) is 0.252. The topological polar surface area (TPSA) is 87.8 Å². The van der Waals surface area contributed by atoms with Crippen molar-refractivity contribution in [2.24, 2.45) is 5.73 Å². The van der Waals surface area contributed by atoms with Crippen molar-refractivity contribution in [3.05, 3.63) is 18.2 Å². The van der Waals surface area contributed by atoms with Gasteiger partial charge in [-0.2, -0.15) is 0 Å². The van der Waals surface area contributed by atoms with Crippen LogP contribution in [0.15, 0.2) is 12.5 Å². The van der Waals surface area contributed by atoms with Gasteiger partial charge in [-0.05, 0) is 12.8 Å². The maximum absolute atomic E-state index is 6.78. The van der Waals surface area contributed by atoms with Crippen LogP contribution in [-0.2, 0) is 11.2 Å². The van der Waals surface area contributed by atoms with Gasteiger partial charge in [0.25, 0.3) is 6.02 Å². The van der Waals surface area contributed by atoms with Gasteiger partial charge in [0.15, 0.2) is 0 Å². The van der Waals surface area contributed by atoms with Crippen LogP contribution in [0.3, 0.4) is 0 Å². The van der Waals surface area contributed by atoms with E-state index in [1.165, 1.54) is 0 Å². The highest BCUT2D eigenvalue weighted by Crippen LogP contribution is 1.96. The lowest BCUT2D eigenvalue weighted by Crippen LogP contribution is -2.15. The van der Waals surface area contributed by atoms with Crippen molar-refractivity contribution in [1.29, 1.82) is 5.41 Å². The van der Waals surface area contributed by atoms with Gasteiger partial charge in [0.05, 0.1) is 12.9 Å². The van der Waals surface area contributed by atoms with Gasteiger partial charge in [-0.15, -0.1) is 0 Å². The number of hydrogen-bond acceptors (Lipinski definition) is 3. The zero-order valence-corrected chi connectivity index (χ0v) is 6.71. The van der Waals surface area contributed by atoms with Crippen molar-refractivity contribution < 1.29 is 4.74 Å². The van der Waals surface area contributed by atoms with Crippen LogP contribution in [0.4, 0.5) is 0 Å². The molecule has 0 amide bonds. The van der Waals surface area contributed by atoms with E-state index in [2.05, 4.69) is 9.97 Å². The van der Waals surface area contributed by atoms with Gasteiger partial charge in [-0.3, -0.25) is 5.41 Å². The molecular weight excluding hydrogens is 156 g/mol. The van der Waals surface area contributed by atoms with Gasteiger partial charge in [0, 0.05) is 11.9 Å². The van der Waals surface area contributed by atoms with Crippen LogP contribution >= 0.6 is 0 Å². The van der Waals surface area contributed by atoms with Crippen LogP contribution in [0.2, 0.25) is 0 Å². The minimum atomic E-state index is -0.223. The SMILES string of the molecule is N=C(N)OCCCc1cnc[nH]1. The highest BCUT2D eigenvalue weighted by Gasteiger charge is 1.94. The Morgan fingerprint density at radius 1 is 1.75 bits per heavy atom. The van der Waals surface area contributed by atoms with Crippen LogP contribution in [0.5, 0.6) is 0 Å². The van der Waals surface area contributed by atoms with Crippen molar-refractivity contribution in [3.8, 4) is 0 Å². The first-order valence-electron chi connectivity index (χ1n) is 3.73. The van der Waals surface area contributed by atoms with Gasteiger partial charge in [0.2, 0.25) is 0 Å². The second-order valence-corrected chi connectivity index (χ2v) is 2.39. The minimum Gasteiger partial charge on any atom is -0.466 e. The molecule has 0 saturated carbocycles. The summed E-state index contributed by atoms with van der Waals surface area (Å²) in [5, 5.41) is 6.78.